The number of nitrogen functional groups attached to an aromatic ring is 1. The number of hydrogen-bond acceptors (Lipinski definition) is 14. The van der Waals surface area contributed by atoms with Crippen molar-refractivity contribution in [2.75, 3.05) is 11.5 Å². The minimum Gasteiger partial charge on any atom is -0.448 e. The fraction of sp³-hybridized carbons (Fsp3) is 0.167. The molecular weight excluding hydrogens is 743 g/mol. The molecule has 0 radical (unpaired) electrons. The zero-order chi connectivity index (χ0) is 37.7. The number of rotatable bonds is 12. The lowest BCUT2D eigenvalue weighted by Crippen LogP contribution is -2.71. The molecule has 1 saturated heterocycles. The van der Waals surface area contributed by atoms with Crippen molar-refractivity contribution in [3.05, 3.63) is 136 Å². The van der Waals surface area contributed by atoms with Crippen LogP contribution in [0.15, 0.2) is 124 Å². The molecule has 1 fully saturated rings. The molecule has 0 saturated carbocycles. The summed E-state index contributed by atoms with van der Waals surface area (Å²) in [6.45, 7) is 2.92. The molecule has 17 heteroatoms. The van der Waals surface area contributed by atoms with Gasteiger partial charge in [0.25, 0.3) is 11.8 Å². The molecule has 1 aromatic heterocycles. The number of amides is 2. The number of allylic oxidation sites excluding steroid dienone is 1. The Labute approximate surface area is 312 Å². The number of nitrogens with zero attached hydrogens (tertiary/aromatic N) is 3. The second-order valence-electron chi connectivity index (χ2n) is 11.6. The molecule has 2 amide bonds. The molecule has 272 valence electrons. The number of hydrogen-bond donors (Lipinski definition) is 2. The summed E-state index contributed by atoms with van der Waals surface area (Å²) in [4.78, 5) is 62.8. The summed E-state index contributed by atoms with van der Waals surface area (Å²) in [5, 5.41) is 7.01. The van der Waals surface area contributed by atoms with E-state index in [1.54, 1.807) is 60.7 Å². The van der Waals surface area contributed by atoms with Crippen molar-refractivity contribution in [2.24, 2.45) is 5.16 Å². The van der Waals surface area contributed by atoms with Gasteiger partial charge in [-0.3, -0.25) is 14.5 Å². The topological polar surface area (TPSA) is 197 Å². The first-order valence-electron chi connectivity index (χ1n) is 15.9. The van der Waals surface area contributed by atoms with E-state index in [1.165, 1.54) is 40.3 Å². The van der Waals surface area contributed by atoms with Crippen LogP contribution in [0.5, 0.6) is 0 Å². The van der Waals surface area contributed by atoms with E-state index in [0.29, 0.717) is 11.1 Å². The third-order valence-corrected chi connectivity index (χ3v) is 11.1. The van der Waals surface area contributed by atoms with Crippen molar-refractivity contribution >= 4 is 67.8 Å². The number of carbonyl (C=O) groups is 4. The van der Waals surface area contributed by atoms with Gasteiger partial charge in [-0.2, -0.15) is 8.42 Å². The largest absolute Gasteiger partial charge is 0.448 e. The number of carbonyl (C=O) groups excluding carboxylic acids is 4. The van der Waals surface area contributed by atoms with E-state index in [1.807, 2.05) is 19.1 Å². The summed E-state index contributed by atoms with van der Waals surface area (Å²) in [5.41, 5.74) is 7.65. The summed E-state index contributed by atoms with van der Waals surface area (Å²) in [6, 6.07) is 23.0. The summed E-state index contributed by atoms with van der Waals surface area (Å²) in [5.74, 6) is -3.11. The van der Waals surface area contributed by atoms with Crippen LogP contribution >= 0.6 is 23.1 Å². The molecule has 0 aliphatic carbocycles. The van der Waals surface area contributed by atoms with E-state index in [0.717, 1.165) is 30.1 Å². The van der Waals surface area contributed by atoms with Gasteiger partial charge >= 0.3 is 22.1 Å². The summed E-state index contributed by atoms with van der Waals surface area (Å²) >= 11 is 2.23. The Morgan fingerprint density at radius 2 is 1.66 bits per heavy atom. The van der Waals surface area contributed by atoms with Crippen LogP contribution in [0.1, 0.15) is 35.4 Å². The predicted molar refractivity (Wildman–Crippen MR) is 196 cm³/mol. The predicted octanol–water partition coefficient (Wildman–Crippen LogP) is 4.21. The minimum atomic E-state index is -4.20. The third kappa shape index (κ3) is 8.32. The molecule has 14 nitrogen and oxygen atoms in total. The smallest absolute Gasteiger partial charge is 0.356 e. The highest BCUT2D eigenvalue weighted by atomic mass is 32.2. The first-order chi connectivity index (χ1) is 25.4. The highest BCUT2D eigenvalue weighted by Crippen LogP contribution is 2.42. The number of aromatic nitrogens is 1. The maximum Gasteiger partial charge on any atom is 0.356 e. The standard InChI is InChI=1S/C36H31N5O9S3/c1-21-13-15-26(16-14-21)53(46,47)48-18-17-25-19-51-34-29(39-32(43)28(40-50-22(2)42)27-20-52-36(37)38-27)33(44)41(34)30(25)35(45)49-31(23-9-5-3-6-10-23)24-11-7-4-8-12-24/h3-18,20,29,31,34H,19H2,1-2H3,(H2,37,38)(H,39,43)/b18-17+,40-28?/t29-,34-/m1/s1. The molecule has 0 spiro atoms. The molecule has 6 rings (SSSR count). The number of thioether (sulfide) groups is 1. The number of nitrogens with two attached hydrogens (primary N) is 1. The molecule has 3 aromatic carbocycles. The Balaban J connectivity index is 1.31. The number of nitrogens with one attached hydrogen (secondary N) is 1. The SMILES string of the molecule is CC(=O)ON=C(C(=O)N[C@@H]1C(=O)N2C(C(=O)OC(c3ccccc3)c3ccccc3)=C(/C=C/OS(=O)(=O)c3ccc(C)cc3)CS[C@H]12)c1csc(N)n1. The fourth-order valence-corrected chi connectivity index (χ4v) is 8.02. The molecule has 2 aliphatic heterocycles. The quantitative estimate of drug-likeness (QED) is 0.0397. The average molecular weight is 774 g/mol. The van der Waals surface area contributed by atoms with Crippen molar-refractivity contribution < 1.29 is 41.4 Å². The second kappa shape index (κ2) is 15.9. The number of β-lactam (4-membered cyclic amide) rings is 1. The molecule has 3 N–H and O–H groups in total. The van der Waals surface area contributed by atoms with E-state index < -0.39 is 51.4 Å². The molecule has 0 bridgehead atoms. The summed E-state index contributed by atoms with van der Waals surface area (Å²) < 4.78 is 37.1. The number of esters is 1. The van der Waals surface area contributed by atoms with E-state index in [2.05, 4.69) is 15.5 Å². The number of oxime groups is 1. The Kier molecular flexibility index (Phi) is 11.1. The Hall–Kier alpha value is -5.78. The van der Waals surface area contributed by atoms with Gasteiger partial charge in [0.05, 0.1) is 0 Å². The van der Waals surface area contributed by atoms with E-state index in [4.69, 9.17) is 19.5 Å². The van der Waals surface area contributed by atoms with Crippen molar-refractivity contribution in [3.63, 3.8) is 0 Å². The molecule has 3 heterocycles. The first-order valence-corrected chi connectivity index (χ1v) is 19.2. The normalized spacial score (nSPS) is 17.3. The minimum absolute atomic E-state index is 0.0243. The van der Waals surface area contributed by atoms with Crippen molar-refractivity contribution in [2.45, 2.75) is 36.3 Å². The number of ether oxygens (including phenoxy) is 1. The number of benzene rings is 3. The van der Waals surface area contributed by atoms with Gasteiger partial charge < -0.3 is 24.8 Å². The maximum atomic E-state index is 14.2. The third-order valence-electron chi connectivity index (χ3n) is 7.91. The molecule has 2 aliphatic rings. The van der Waals surface area contributed by atoms with E-state index in [-0.39, 0.29) is 38.5 Å². The monoisotopic (exact) mass is 773 g/mol. The molecule has 53 heavy (non-hydrogen) atoms. The van der Waals surface area contributed by atoms with Crippen LogP contribution in [0.4, 0.5) is 5.13 Å². The van der Waals surface area contributed by atoms with Crippen LogP contribution in [-0.4, -0.2) is 64.9 Å². The second-order valence-corrected chi connectivity index (χ2v) is 15.2. The molecule has 0 unspecified atom stereocenters. The van der Waals surface area contributed by atoms with Crippen LogP contribution in [0.2, 0.25) is 0 Å². The van der Waals surface area contributed by atoms with Crippen molar-refractivity contribution in [1.82, 2.24) is 15.2 Å². The van der Waals surface area contributed by atoms with Crippen molar-refractivity contribution in [3.8, 4) is 0 Å². The van der Waals surface area contributed by atoms with Gasteiger partial charge in [0.15, 0.2) is 16.9 Å². The lowest BCUT2D eigenvalue weighted by molar-refractivity contribution is -0.154. The van der Waals surface area contributed by atoms with Crippen LogP contribution in [-0.2, 0) is 43.1 Å². The number of fused-ring (bicyclic) bond motifs is 1. The Bertz CT molecular complexity index is 2200. The lowest BCUT2D eigenvalue weighted by atomic mass is 10.0. The first kappa shape index (κ1) is 37.0. The Morgan fingerprint density at radius 3 is 2.25 bits per heavy atom. The van der Waals surface area contributed by atoms with Gasteiger partial charge in [-0.15, -0.1) is 23.1 Å². The van der Waals surface area contributed by atoms with Gasteiger partial charge in [-0.05, 0) is 41.8 Å². The molecule has 4 aromatic rings. The van der Waals surface area contributed by atoms with Gasteiger partial charge in [-0.1, -0.05) is 83.5 Å². The number of anilines is 1. The van der Waals surface area contributed by atoms with Gasteiger partial charge in [0.2, 0.25) is 0 Å². The van der Waals surface area contributed by atoms with Crippen molar-refractivity contribution in [1.29, 1.82) is 0 Å². The average Bonchev–Trinajstić information content (AvgIpc) is 3.58. The zero-order valence-electron chi connectivity index (χ0n) is 28.1. The zero-order valence-corrected chi connectivity index (χ0v) is 30.5. The number of aryl methyl sites for hydroxylation is 1. The lowest BCUT2D eigenvalue weighted by Gasteiger charge is -2.49. The summed E-state index contributed by atoms with van der Waals surface area (Å²) in [7, 11) is -4.20. The van der Waals surface area contributed by atoms with Crippen LogP contribution < -0.4 is 11.1 Å². The van der Waals surface area contributed by atoms with Gasteiger partial charge in [0.1, 0.15) is 34.0 Å². The van der Waals surface area contributed by atoms with E-state index >= 15 is 0 Å². The molecule has 2 atom stereocenters. The van der Waals surface area contributed by atoms with Gasteiger partial charge in [-0.25, -0.2) is 14.6 Å². The van der Waals surface area contributed by atoms with Crippen LogP contribution in [0.3, 0.4) is 0 Å². The van der Waals surface area contributed by atoms with E-state index in [9.17, 15) is 27.6 Å². The highest BCUT2D eigenvalue weighted by Gasteiger charge is 2.55. The highest BCUT2D eigenvalue weighted by molar-refractivity contribution is 8.00. The Morgan fingerprint density at radius 1 is 1.02 bits per heavy atom. The molecular formula is C36H31N5O9S3. The van der Waals surface area contributed by atoms with Gasteiger partial charge in [0, 0.05) is 18.1 Å². The maximum absolute atomic E-state index is 14.2. The van der Waals surface area contributed by atoms with Crippen LogP contribution in [0, 0.1) is 6.92 Å². The van der Waals surface area contributed by atoms with Crippen LogP contribution in [0.25, 0.3) is 0 Å². The number of thiazole rings is 1. The fourth-order valence-electron chi connectivity index (χ4n) is 5.37. The summed E-state index contributed by atoms with van der Waals surface area (Å²) in [6.07, 6.45) is 1.36.